The maximum atomic E-state index is 13.5. The lowest BCUT2D eigenvalue weighted by molar-refractivity contribution is -0.154. The standard InChI is InChI=1S/C22H26BrN3O/c1-14-17-5-3-4-6-18(17)25-19(24-14)12-26(2)20(27)21-8-15-7-16(9-21)11-22(23,10-15)13-21/h3-6,15-16H,7-13H2,1-2H3. The van der Waals surface area contributed by atoms with Crippen LogP contribution >= 0.6 is 15.9 Å². The largest absolute Gasteiger partial charge is 0.338 e. The summed E-state index contributed by atoms with van der Waals surface area (Å²) in [4.78, 5) is 24.8. The molecule has 4 nitrogen and oxygen atoms in total. The fraction of sp³-hybridized carbons (Fsp3) is 0.591. The second kappa shape index (κ2) is 6.00. The first-order valence-electron chi connectivity index (χ1n) is 10.0. The van der Waals surface area contributed by atoms with E-state index in [0.29, 0.717) is 24.3 Å². The molecule has 6 rings (SSSR count). The van der Waals surface area contributed by atoms with Crippen LogP contribution in [0, 0.1) is 24.2 Å². The molecular weight excluding hydrogens is 402 g/mol. The highest BCUT2D eigenvalue weighted by molar-refractivity contribution is 9.10. The van der Waals surface area contributed by atoms with E-state index in [4.69, 9.17) is 4.98 Å². The summed E-state index contributed by atoms with van der Waals surface area (Å²) in [6, 6.07) is 8.08. The minimum atomic E-state index is -0.172. The summed E-state index contributed by atoms with van der Waals surface area (Å²) in [5.41, 5.74) is 1.76. The maximum absolute atomic E-state index is 13.5. The van der Waals surface area contributed by atoms with Crippen molar-refractivity contribution in [3.8, 4) is 0 Å². The van der Waals surface area contributed by atoms with Crippen molar-refractivity contribution in [2.45, 2.75) is 56.3 Å². The first kappa shape index (κ1) is 17.6. The van der Waals surface area contributed by atoms with E-state index in [-0.39, 0.29) is 9.74 Å². The summed E-state index contributed by atoms with van der Waals surface area (Å²) in [6.45, 7) is 2.50. The summed E-state index contributed by atoms with van der Waals surface area (Å²) in [5.74, 6) is 2.46. The quantitative estimate of drug-likeness (QED) is 0.670. The Labute approximate surface area is 168 Å². The number of fused-ring (bicyclic) bond motifs is 1. The number of amides is 1. The Morgan fingerprint density at radius 2 is 1.89 bits per heavy atom. The Morgan fingerprint density at radius 1 is 1.19 bits per heavy atom. The Hall–Kier alpha value is -1.49. The zero-order chi connectivity index (χ0) is 18.8. The molecule has 2 aromatic rings. The number of halogens is 1. The lowest BCUT2D eigenvalue weighted by Gasteiger charge is -2.59. The number of aryl methyl sites for hydroxylation is 1. The summed E-state index contributed by atoms with van der Waals surface area (Å²) in [5, 5.41) is 1.08. The molecule has 4 saturated carbocycles. The number of rotatable bonds is 3. The van der Waals surface area contributed by atoms with Crippen molar-refractivity contribution in [2.75, 3.05) is 7.05 Å². The topological polar surface area (TPSA) is 46.1 Å². The lowest BCUT2D eigenvalue weighted by Crippen LogP contribution is -2.58. The number of carbonyl (C=O) groups is 1. The minimum Gasteiger partial charge on any atom is -0.338 e. The van der Waals surface area contributed by atoms with Gasteiger partial charge in [-0.15, -0.1) is 0 Å². The Bertz CT molecular complexity index is 913. The van der Waals surface area contributed by atoms with Crippen LogP contribution in [-0.2, 0) is 11.3 Å². The summed E-state index contributed by atoms with van der Waals surface area (Å²) in [7, 11) is 1.93. The molecule has 0 N–H and O–H groups in total. The average Bonchev–Trinajstić information content (AvgIpc) is 2.59. The van der Waals surface area contributed by atoms with Gasteiger partial charge in [0.05, 0.1) is 17.5 Å². The predicted octanol–water partition coefficient (Wildman–Crippen LogP) is 4.63. The number of hydrogen-bond acceptors (Lipinski definition) is 3. The van der Waals surface area contributed by atoms with Crippen molar-refractivity contribution in [3.63, 3.8) is 0 Å². The van der Waals surface area contributed by atoms with Crippen molar-refractivity contribution in [1.29, 1.82) is 0 Å². The van der Waals surface area contributed by atoms with Crippen molar-refractivity contribution in [1.82, 2.24) is 14.9 Å². The lowest BCUT2D eigenvalue weighted by atomic mass is 9.49. The van der Waals surface area contributed by atoms with Crippen molar-refractivity contribution < 1.29 is 4.79 Å². The summed E-state index contributed by atoms with van der Waals surface area (Å²) < 4.78 is 0.198. The van der Waals surface area contributed by atoms with Gasteiger partial charge in [0.2, 0.25) is 5.91 Å². The van der Waals surface area contributed by atoms with Crippen LogP contribution in [-0.4, -0.2) is 32.1 Å². The van der Waals surface area contributed by atoms with E-state index in [9.17, 15) is 4.79 Å². The Balaban J connectivity index is 1.40. The first-order valence-corrected chi connectivity index (χ1v) is 10.8. The molecule has 4 aliphatic carbocycles. The molecule has 1 aromatic carbocycles. The first-order chi connectivity index (χ1) is 12.9. The van der Waals surface area contributed by atoms with Gasteiger partial charge in [0.15, 0.2) is 0 Å². The highest BCUT2D eigenvalue weighted by Crippen LogP contribution is 2.64. The molecule has 27 heavy (non-hydrogen) atoms. The number of para-hydroxylation sites is 1. The van der Waals surface area contributed by atoms with Gasteiger partial charge in [0, 0.05) is 22.5 Å². The van der Waals surface area contributed by atoms with Gasteiger partial charge in [-0.25, -0.2) is 9.97 Å². The van der Waals surface area contributed by atoms with Gasteiger partial charge < -0.3 is 4.90 Å². The Morgan fingerprint density at radius 3 is 2.59 bits per heavy atom. The van der Waals surface area contributed by atoms with Crippen LogP contribution in [0.15, 0.2) is 24.3 Å². The van der Waals surface area contributed by atoms with E-state index in [2.05, 4.69) is 20.9 Å². The maximum Gasteiger partial charge on any atom is 0.229 e. The third-order valence-electron chi connectivity index (χ3n) is 7.01. The summed E-state index contributed by atoms with van der Waals surface area (Å²) >= 11 is 4.02. The number of benzene rings is 1. The van der Waals surface area contributed by atoms with Crippen LogP contribution in [0.4, 0.5) is 0 Å². The summed E-state index contributed by atoms with van der Waals surface area (Å²) in [6.07, 6.45) is 6.94. The zero-order valence-electron chi connectivity index (χ0n) is 16.0. The van der Waals surface area contributed by atoms with Crippen LogP contribution in [0.5, 0.6) is 0 Å². The third-order valence-corrected chi connectivity index (χ3v) is 7.94. The molecule has 0 aliphatic heterocycles. The highest BCUT2D eigenvalue weighted by atomic mass is 79.9. The van der Waals surface area contributed by atoms with Crippen LogP contribution < -0.4 is 0 Å². The van der Waals surface area contributed by atoms with Crippen LogP contribution in [0.3, 0.4) is 0 Å². The van der Waals surface area contributed by atoms with Crippen LogP contribution in [0.2, 0.25) is 0 Å². The number of aromatic nitrogens is 2. The minimum absolute atomic E-state index is 0.172. The molecule has 4 fully saturated rings. The fourth-order valence-electron chi connectivity index (χ4n) is 6.46. The second-order valence-electron chi connectivity index (χ2n) is 9.30. The van der Waals surface area contributed by atoms with Crippen LogP contribution in [0.1, 0.15) is 50.0 Å². The van der Waals surface area contributed by atoms with Gasteiger partial charge in [-0.3, -0.25) is 4.79 Å². The van der Waals surface area contributed by atoms with Crippen molar-refractivity contribution in [2.24, 2.45) is 17.3 Å². The van der Waals surface area contributed by atoms with Crippen molar-refractivity contribution >= 4 is 32.7 Å². The van der Waals surface area contributed by atoms with E-state index in [0.717, 1.165) is 41.7 Å². The van der Waals surface area contributed by atoms with E-state index >= 15 is 0 Å². The number of nitrogens with zero attached hydrogens (tertiary/aromatic N) is 3. The molecule has 0 radical (unpaired) electrons. The highest BCUT2D eigenvalue weighted by Gasteiger charge is 2.60. The number of alkyl halides is 1. The molecule has 5 heteroatoms. The predicted molar refractivity (Wildman–Crippen MR) is 110 cm³/mol. The average molecular weight is 428 g/mol. The van der Waals surface area contributed by atoms with Gasteiger partial charge in [-0.2, -0.15) is 0 Å². The number of carbonyl (C=O) groups excluding carboxylic acids is 1. The molecule has 4 aliphatic rings. The van der Waals surface area contributed by atoms with Gasteiger partial charge in [0.25, 0.3) is 0 Å². The van der Waals surface area contributed by atoms with E-state index in [1.54, 1.807) is 0 Å². The molecule has 4 bridgehead atoms. The fourth-order valence-corrected chi connectivity index (χ4v) is 7.91. The molecule has 0 spiro atoms. The van der Waals surface area contributed by atoms with Gasteiger partial charge in [0.1, 0.15) is 5.82 Å². The number of hydrogen-bond donors (Lipinski definition) is 0. The smallest absolute Gasteiger partial charge is 0.229 e. The van der Waals surface area contributed by atoms with Gasteiger partial charge >= 0.3 is 0 Å². The van der Waals surface area contributed by atoms with Crippen molar-refractivity contribution in [3.05, 3.63) is 35.8 Å². The molecule has 1 heterocycles. The molecule has 2 unspecified atom stereocenters. The second-order valence-corrected chi connectivity index (χ2v) is 11.0. The Kier molecular flexibility index (Phi) is 3.91. The van der Waals surface area contributed by atoms with E-state index in [1.165, 1.54) is 19.3 Å². The van der Waals surface area contributed by atoms with Gasteiger partial charge in [-0.1, -0.05) is 34.1 Å². The monoisotopic (exact) mass is 427 g/mol. The SMILES string of the molecule is Cc1nc(CN(C)C(=O)C23CC4CC(CC(Br)(C4)C2)C3)nc2ccccc12. The molecule has 1 amide bonds. The molecule has 1 aromatic heterocycles. The zero-order valence-corrected chi connectivity index (χ0v) is 17.6. The van der Waals surface area contributed by atoms with Gasteiger partial charge in [-0.05, 0) is 63.4 Å². The normalized spacial score (nSPS) is 34.2. The molecule has 142 valence electrons. The van der Waals surface area contributed by atoms with Crippen LogP contribution in [0.25, 0.3) is 10.9 Å². The molecule has 2 atom stereocenters. The molecular formula is C22H26BrN3O. The third kappa shape index (κ3) is 2.89. The van der Waals surface area contributed by atoms with E-state index < -0.39 is 0 Å². The molecule has 0 saturated heterocycles. The van der Waals surface area contributed by atoms with E-state index in [1.807, 2.05) is 43.1 Å².